The molecular weight excluding hydrogens is 697 g/mol. The summed E-state index contributed by atoms with van der Waals surface area (Å²) in [5, 5.41) is 4.52. The summed E-state index contributed by atoms with van der Waals surface area (Å²) in [6.45, 7) is 0. The van der Waals surface area contributed by atoms with Crippen LogP contribution in [0.3, 0.4) is 0 Å². The number of hydrogen-bond acceptors (Lipinski definition) is 4. The highest BCUT2D eigenvalue weighted by Gasteiger charge is 2.22. The van der Waals surface area contributed by atoms with Crippen LogP contribution in [0.5, 0.6) is 0 Å². The number of anilines is 3. The van der Waals surface area contributed by atoms with Gasteiger partial charge in [0.2, 0.25) is 5.89 Å². The largest absolute Gasteiger partial charge is 0.456 e. The molecule has 0 fully saturated rings. The molecule has 0 unspecified atom stereocenters. The van der Waals surface area contributed by atoms with Gasteiger partial charge in [-0.2, -0.15) is 0 Å². The third-order valence-corrected chi connectivity index (χ3v) is 10.9. The minimum absolute atomic E-state index is 0.580. The Bertz CT molecular complexity index is 3210. The highest BCUT2D eigenvalue weighted by atomic mass is 16.4. The first-order valence-corrected chi connectivity index (χ1v) is 19.2. The van der Waals surface area contributed by atoms with Gasteiger partial charge in [0.25, 0.3) is 0 Å². The van der Waals surface area contributed by atoms with Crippen molar-refractivity contribution in [2.75, 3.05) is 4.90 Å². The maximum absolute atomic E-state index is 6.44. The number of benzene rings is 9. The van der Waals surface area contributed by atoms with E-state index in [0.717, 1.165) is 66.8 Å². The smallest absolute Gasteiger partial charge is 0.227 e. The number of oxazole rings is 1. The maximum atomic E-state index is 6.44. The van der Waals surface area contributed by atoms with Crippen molar-refractivity contribution in [2.24, 2.45) is 0 Å². The zero-order chi connectivity index (χ0) is 37.7. The Labute approximate surface area is 329 Å². The molecule has 0 bridgehead atoms. The molecule has 4 nitrogen and oxygen atoms in total. The fraction of sp³-hybridized carbons (Fsp3) is 0. The Morgan fingerprint density at radius 3 is 1.74 bits per heavy atom. The summed E-state index contributed by atoms with van der Waals surface area (Å²) in [4.78, 5) is 7.46. The highest BCUT2D eigenvalue weighted by Crippen LogP contribution is 2.44. The average molecular weight is 731 g/mol. The first-order chi connectivity index (χ1) is 28.2. The van der Waals surface area contributed by atoms with Gasteiger partial charge in [-0.05, 0) is 93.2 Å². The Morgan fingerprint density at radius 1 is 0.368 bits per heavy atom. The molecule has 268 valence electrons. The third kappa shape index (κ3) is 5.74. The highest BCUT2D eigenvalue weighted by molar-refractivity contribution is 6.19. The average Bonchev–Trinajstić information content (AvgIpc) is 3.88. The van der Waals surface area contributed by atoms with E-state index >= 15 is 0 Å². The second-order valence-electron chi connectivity index (χ2n) is 14.3. The first-order valence-electron chi connectivity index (χ1n) is 19.2. The SMILES string of the molecule is c1ccc(-c2ccc(N(c3ccc(-c4c5nc(-c6ccccc6)oc5cc5oc6ccccc6c45)cc3)c3cccc(-c4cccc5ccccc45)c3)cc2)cc1. The van der Waals surface area contributed by atoms with Gasteiger partial charge >= 0.3 is 0 Å². The minimum atomic E-state index is 0.580. The summed E-state index contributed by atoms with van der Waals surface area (Å²) in [5.41, 5.74) is 13.9. The molecule has 0 radical (unpaired) electrons. The van der Waals surface area contributed by atoms with Crippen LogP contribution in [0.15, 0.2) is 215 Å². The van der Waals surface area contributed by atoms with Crippen molar-refractivity contribution < 1.29 is 8.83 Å². The molecule has 0 saturated heterocycles. The molecule has 2 heterocycles. The van der Waals surface area contributed by atoms with E-state index < -0.39 is 0 Å². The number of fused-ring (bicyclic) bond motifs is 5. The van der Waals surface area contributed by atoms with Crippen molar-refractivity contribution in [3.8, 4) is 44.8 Å². The Hall–Kier alpha value is -7.69. The number of nitrogens with zero attached hydrogens (tertiary/aromatic N) is 2. The number of aromatic nitrogens is 1. The van der Waals surface area contributed by atoms with Crippen molar-refractivity contribution >= 4 is 60.9 Å². The number of rotatable bonds is 7. The molecule has 9 aromatic carbocycles. The van der Waals surface area contributed by atoms with Gasteiger partial charge in [-0.3, -0.25) is 0 Å². The second-order valence-corrected chi connectivity index (χ2v) is 14.3. The van der Waals surface area contributed by atoms with Crippen LogP contribution in [0.4, 0.5) is 17.1 Å². The van der Waals surface area contributed by atoms with E-state index in [2.05, 4.69) is 163 Å². The molecular formula is C53H34N2O2. The van der Waals surface area contributed by atoms with Crippen LogP contribution in [0.2, 0.25) is 0 Å². The molecule has 0 saturated carbocycles. The van der Waals surface area contributed by atoms with Gasteiger partial charge in [0.1, 0.15) is 16.7 Å². The van der Waals surface area contributed by atoms with Gasteiger partial charge in [-0.15, -0.1) is 0 Å². The molecule has 2 aromatic heterocycles. The fourth-order valence-electron chi connectivity index (χ4n) is 8.20. The molecule has 0 amide bonds. The topological polar surface area (TPSA) is 42.4 Å². The first kappa shape index (κ1) is 32.7. The van der Waals surface area contributed by atoms with Crippen LogP contribution >= 0.6 is 0 Å². The molecule has 0 aliphatic carbocycles. The van der Waals surface area contributed by atoms with E-state index in [-0.39, 0.29) is 0 Å². The predicted octanol–water partition coefficient (Wildman–Crippen LogP) is 15.0. The summed E-state index contributed by atoms with van der Waals surface area (Å²) in [5.74, 6) is 0.580. The van der Waals surface area contributed by atoms with Crippen molar-refractivity contribution in [2.45, 2.75) is 0 Å². The van der Waals surface area contributed by atoms with Gasteiger partial charge in [-0.25, -0.2) is 4.98 Å². The summed E-state index contributed by atoms with van der Waals surface area (Å²) in [7, 11) is 0. The summed E-state index contributed by atoms with van der Waals surface area (Å²) in [6.07, 6.45) is 0. The molecule has 0 aliphatic heterocycles. The van der Waals surface area contributed by atoms with E-state index in [9.17, 15) is 0 Å². The zero-order valence-electron chi connectivity index (χ0n) is 30.8. The van der Waals surface area contributed by atoms with Crippen molar-refractivity contribution in [1.29, 1.82) is 0 Å². The summed E-state index contributed by atoms with van der Waals surface area (Å²) in [6, 6.07) is 72.3. The summed E-state index contributed by atoms with van der Waals surface area (Å²) < 4.78 is 12.9. The van der Waals surface area contributed by atoms with Gasteiger partial charge < -0.3 is 13.7 Å². The lowest BCUT2D eigenvalue weighted by Gasteiger charge is -2.26. The zero-order valence-corrected chi connectivity index (χ0v) is 30.8. The third-order valence-electron chi connectivity index (χ3n) is 10.9. The van der Waals surface area contributed by atoms with Gasteiger partial charge in [0.05, 0.1) is 0 Å². The Balaban J connectivity index is 1.07. The normalized spacial score (nSPS) is 11.5. The number of hydrogen-bond donors (Lipinski definition) is 0. The van der Waals surface area contributed by atoms with E-state index in [0.29, 0.717) is 11.5 Å². The number of furan rings is 1. The van der Waals surface area contributed by atoms with Gasteiger partial charge in [-0.1, -0.05) is 146 Å². The monoisotopic (exact) mass is 730 g/mol. The molecule has 11 rings (SSSR count). The lowest BCUT2D eigenvalue weighted by Crippen LogP contribution is -2.10. The lowest BCUT2D eigenvalue weighted by atomic mass is 9.97. The van der Waals surface area contributed by atoms with Gasteiger partial charge in [0, 0.05) is 45.0 Å². The predicted molar refractivity (Wildman–Crippen MR) is 235 cm³/mol. The molecule has 4 heteroatoms. The Morgan fingerprint density at radius 2 is 0.965 bits per heavy atom. The van der Waals surface area contributed by atoms with Crippen LogP contribution < -0.4 is 4.90 Å². The minimum Gasteiger partial charge on any atom is -0.456 e. The molecule has 0 N–H and O–H groups in total. The van der Waals surface area contributed by atoms with Crippen LogP contribution in [-0.4, -0.2) is 4.98 Å². The van der Waals surface area contributed by atoms with Crippen LogP contribution in [0.25, 0.3) is 88.6 Å². The molecule has 0 aliphatic rings. The quantitative estimate of drug-likeness (QED) is 0.164. The molecule has 0 atom stereocenters. The van der Waals surface area contributed by atoms with E-state index in [1.165, 1.54) is 27.5 Å². The van der Waals surface area contributed by atoms with Crippen LogP contribution in [0.1, 0.15) is 0 Å². The molecule has 11 aromatic rings. The number of para-hydroxylation sites is 1. The lowest BCUT2D eigenvalue weighted by molar-refractivity contribution is 0.617. The van der Waals surface area contributed by atoms with E-state index in [4.69, 9.17) is 13.8 Å². The standard InChI is InChI=1S/C53H34N2O2/c1-3-13-35(14-4-1)36-25-29-41(30-26-36)55(43-20-11-19-40(33-43)45-23-12-18-37-15-7-8-21-44(37)45)42-31-27-38(28-32-42)50-51-46-22-9-10-24-47(46)56-48(51)34-49-52(50)54-53(57-49)39-16-5-2-6-17-39/h1-34H. The van der Waals surface area contributed by atoms with Crippen molar-refractivity contribution in [1.82, 2.24) is 4.98 Å². The van der Waals surface area contributed by atoms with E-state index in [1.54, 1.807) is 0 Å². The second kappa shape index (κ2) is 13.6. The molecule has 0 spiro atoms. The molecule has 57 heavy (non-hydrogen) atoms. The van der Waals surface area contributed by atoms with Crippen molar-refractivity contribution in [3.63, 3.8) is 0 Å². The Kier molecular flexibility index (Phi) is 7.78. The van der Waals surface area contributed by atoms with Crippen LogP contribution in [-0.2, 0) is 0 Å². The maximum Gasteiger partial charge on any atom is 0.227 e. The van der Waals surface area contributed by atoms with Crippen molar-refractivity contribution in [3.05, 3.63) is 206 Å². The van der Waals surface area contributed by atoms with Gasteiger partial charge in [0.15, 0.2) is 5.58 Å². The van der Waals surface area contributed by atoms with Crippen LogP contribution in [0, 0.1) is 0 Å². The fourth-order valence-corrected chi connectivity index (χ4v) is 8.20. The summed E-state index contributed by atoms with van der Waals surface area (Å²) >= 11 is 0. The van der Waals surface area contributed by atoms with E-state index in [1.807, 2.05) is 48.5 Å².